The van der Waals surface area contributed by atoms with E-state index in [0.29, 0.717) is 11.5 Å². The molecule has 0 aromatic carbocycles. The van der Waals surface area contributed by atoms with Crippen LogP contribution in [0, 0.1) is 5.41 Å². The van der Waals surface area contributed by atoms with Crippen LogP contribution >= 0.6 is 31.9 Å². The Morgan fingerprint density at radius 1 is 1.27 bits per heavy atom. The van der Waals surface area contributed by atoms with Gasteiger partial charge in [-0.1, -0.05) is 45.2 Å². The molecule has 1 atom stereocenters. The van der Waals surface area contributed by atoms with Crippen molar-refractivity contribution in [3.8, 4) is 0 Å². The standard InChI is InChI=1S/C12H22Br2O/c1-2-6-12(9-13,10-14)7-5-11-4-3-8-15-11/h11H,2-10H2,1H3. The molecule has 0 aromatic heterocycles. The second-order valence-electron chi connectivity index (χ2n) is 4.69. The summed E-state index contributed by atoms with van der Waals surface area (Å²) in [6, 6.07) is 0. The summed E-state index contributed by atoms with van der Waals surface area (Å²) >= 11 is 7.35. The molecule has 1 nitrogen and oxygen atoms in total. The van der Waals surface area contributed by atoms with Gasteiger partial charge >= 0.3 is 0 Å². The minimum Gasteiger partial charge on any atom is -0.378 e. The number of hydrogen-bond acceptors (Lipinski definition) is 1. The van der Waals surface area contributed by atoms with Gasteiger partial charge < -0.3 is 4.74 Å². The largest absolute Gasteiger partial charge is 0.378 e. The third-order valence-electron chi connectivity index (χ3n) is 3.37. The van der Waals surface area contributed by atoms with E-state index in [-0.39, 0.29) is 0 Å². The molecule has 15 heavy (non-hydrogen) atoms. The Morgan fingerprint density at radius 3 is 2.47 bits per heavy atom. The lowest BCUT2D eigenvalue weighted by Crippen LogP contribution is -2.26. The fraction of sp³-hybridized carbons (Fsp3) is 1.00. The lowest BCUT2D eigenvalue weighted by atomic mass is 9.82. The summed E-state index contributed by atoms with van der Waals surface area (Å²) < 4.78 is 5.68. The Morgan fingerprint density at radius 2 is 2.00 bits per heavy atom. The van der Waals surface area contributed by atoms with E-state index >= 15 is 0 Å². The van der Waals surface area contributed by atoms with E-state index in [2.05, 4.69) is 38.8 Å². The lowest BCUT2D eigenvalue weighted by Gasteiger charge is -2.30. The van der Waals surface area contributed by atoms with Gasteiger partial charge in [0.05, 0.1) is 6.10 Å². The highest BCUT2D eigenvalue weighted by molar-refractivity contribution is 9.09. The highest BCUT2D eigenvalue weighted by atomic mass is 79.9. The van der Waals surface area contributed by atoms with E-state index in [1.54, 1.807) is 0 Å². The van der Waals surface area contributed by atoms with Crippen LogP contribution in [0.2, 0.25) is 0 Å². The fourth-order valence-corrected chi connectivity index (χ4v) is 4.35. The fourth-order valence-electron chi connectivity index (χ4n) is 2.30. The van der Waals surface area contributed by atoms with Crippen LogP contribution in [0.5, 0.6) is 0 Å². The Bertz CT molecular complexity index is 163. The van der Waals surface area contributed by atoms with Crippen LogP contribution in [0.4, 0.5) is 0 Å². The van der Waals surface area contributed by atoms with Gasteiger partial charge in [0.25, 0.3) is 0 Å². The molecule has 90 valence electrons. The van der Waals surface area contributed by atoms with Crippen LogP contribution in [0.1, 0.15) is 45.4 Å². The van der Waals surface area contributed by atoms with E-state index in [0.717, 1.165) is 17.3 Å². The summed E-state index contributed by atoms with van der Waals surface area (Å²) in [6.07, 6.45) is 8.15. The van der Waals surface area contributed by atoms with E-state index in [1.165, 1.54) is 38.5 Å². The van der Waals surface area contributed by atoms with E-state index in [4.69, 9.17) is 4.74 Å². The van der Waals surface area contributed by atoms with Crippen molar-refractivity contribution in [1.82, 2.24) is 0 Å². The van der Waals surface area contributed by atoms with Gasteiger partial charge in [-0.05, 0) is 37.5 Å². The average molecular weight is 342 g/mol. The van der Waals surface area contributed by atoms with Crippen molar-refractivity contribution < 1.29 is 4.74 Å². The molecule has 0 aromatic rings. The van der Waals surface area contributed by atoms with Crippen molar-refractivity contribution in [3.63, 3.8) is 0 Å². The Balaban J connectivity index is 2.35. The van der Waals surface area contributed by atoms with E-state index in [1.807, 2.05) is 0 Å². The third-order valence-corrected chi connectivity index (χ3v) is 5.75. The molecule has 1 saturated heterocycles. The summed E-state index contributed by atoms with van der Waals surface area (Å²) in [5.74, 6) is 0. The first kappa shape index (κ1) is 14.0. The molecule has 0 N–H and O–H groups in total. The monoisotopic (exact) mass is 340 g/mol. The molecular weight excluding hydrogens is 320 g/mol. The summed E-state index contributed by atoms with van der Waals surface area (Å²) in [4.78, 5) is 0. The zero-order valence-electron chi connectivity index (χ0n) is 9.61. The molecule has 0 saturated carbocycles. The van der Waals surface area contributed by atoms with Gasteiger partial charge in [0, 0.05) is 17.3 Å². The SMILES string of the molecule is CCCC(CBr)(CBr)CCC1CCCO1. The molecule has 1 rings (SSSR count). The number of rotatable bonds is 7. The normalized spacial score (nSPS) is 22.2. The van der Waals surface area contributed by atoms with Crippen molar-refractivity contribution >= 4 is 31.9 Å². The van der Waals surface area contributed by atoms with Gasteiger partial charge in [0.2, 0.25) is 0 Å². The number of alkyl halides is 2. The van der Waals surface area contributed by atoms with Gasteiger partial charge in [0.15, 0.2) is 0 Å². The first-order valence-electron chi connectivity index (χ1n) is 6.00. The first-order chi connectivity index (χ1) is 7.26. The molecular formula is C12H22Br2O. The number of hydrogen-bond donors (Lipinski definition) is 0. The molecule has 0 aliphatic carbocycles. The molecule has 0 spiro atoms. The lowest BCUT2D eigenvalue weighted by molar-refractivity contribution is 0.0918. The van der Waals surface area contributed by atoms with Crippen molar-refractivity contribution in [2.24, 2.45) is 5.41 Å². The maximum atomic E-state index is 5.68. The van der Waals surface area contributed by atoms with Gasteiger partial charge in [-0.15, -0.1) is 0 Å². The second kappa shape index (κ2) is 7.29. The van der Waals surface area contributed by atoms with Crippen LogP contribution in [0.15, 0.2) is 0 Å². The maximum Gasteiger partial charge on any atom is 0.0576 e. The molecule has 1 unspecified atom stereocenters. The maximum absolute atomic E-state index is 5.68. The Hall–Kier alpha value is 0.920. The van der Waals surface area contributed by atoms with Gasteiger partial charge in [-0.25, -0.2) is 0 Å². The van der Waals surface area contributed by atoms with E-state index in [9.17, 15) is 0 Å². The van der Waals surface area contributed by atoms with Crippen LogP contribution in [0.3, 0.4) is 0 Å². The second-order valence-corrected chi connectivity index (χ2v) is 5.81. The van der Waals surface area contributed by atoms with Gasteiger partial charge in [-0.3, -0.25) is 0 Å². The first-order valence-corrected chi connectivity index (χ1v) is 8.24. The summed E-state index contributed by atoms with van der Waals surface area (Å²) in [7, 11) is 0. The molecule has 3 heteroatoms. The highest BCUT2D eigenvalue weighted by Gasteiger charge is 2.28. The highest BCUT2D eigenvalue weighted by Crippen LogP contribution is 2.35. The topological polar surface area (TPSA) is 9.23 Å². The summed E-state index contributed by atoms with van der Waals surface area (Å²) in [5.41, 5.74) is 0.445. The van der Waals surface area contributed by atoms with Gasteiger partial charge in [0.1, 0.15) is 0 Å². The molecule has 1 heterocycles. The Kier molecular flexibility index (Phi) is 6.79. The predicted molar refractivity (Wildman–Crippen MR) is 73.1 cm³/mol. The van der Waals surface area contributed by atoms with Gasteiger partial charge in [-0.2, -0.15) is 0 Å². The average Bonchev–Trinajstić information content (AvgIpc) is 2.77. The molecule has 0 bridgehead atoms. The van der Waals surface area contributed by atoms with Crippen LogP contribution < -0.4 is 0 Å². The predicted octanol–water partition coefficient (Wildman–Crippen LogP) is 4.52. The zero-order chi connectivity index (χ0) is 11.1. The van der Waals surface area contributed by atoms with Crippen LogP contribution in [-0.2, 0) is 4.74 Å². The minimum absolute atomic E-state index is 0.445. The van der Waals surface area contributed by atoms with Crippen molar-refractivity contribution in [2.45, 2.75) is 51.6 Å². The van der Waals surface area contributed by atoms with Crippen molar-refractivity contribution in [1.29, 1.82) is 0 Å². The smallest absolute Gasteiger partial charge is 0.0576 e. The molecule has 1 aliphatic heterocycles. The van der Waals surface area contributed by atoms with E-state index < -0.39 is 0 Å². The number of halogens is 2. The molecule has 1 aliphatic rings. The minimum atomic E-state index is 0.445. The van der Waals surface area contributed by atoms with Crippen LogP contribution in [-0.4, -0.2) is 23.4 Å². The van der Waals surface area contributed by atoms with Crippen molar-refractivity contribution in [3.05, 3.63) is 0 Å². The Labute approximate surface area is 111 Å². The third kappa shape index (κ3) is 4.35. The molecule has 0 radical (unpaired) electrons. The number of ether oxygens (including phenoxy) is 1. The van der Waals surface area contributed by atoms with Crippen molar-refractivity contribution in [2.75, 3.05) is 17.3 Å². The van der Waals surface area contributed by atoms with Crippen LogP contribution in [0.25, 0.3) is 0 Å². The summed E-state index contributed by atoms with van der Waals surface area (Å²) in [6.45, 7) is 3.25. The quantitative estimate of drug-likeness (QED) is 0.618. The molecule has 0 amide bonds. The zero-order valence-corrected chi connectivity index (χ0v) is 12.8. The molecule has 1 fully saturated rings. The summed E-state index contributed by atoms with van der Waals surface area (Å²) in [5, 5.41) is 2.21.